The molecule has 0 aliphatic carbocycles. The molecule has 0 aromatic heterocycles. The number of nitrogens with zero attached hydrogens (tertiary/aromatic N) is 1. The number of carbonyl (C=O) groups is 3. The summed E-state index contributed by atoms with van der Waals surface area (Å²) in [6, 6.07) is 10.4. The quantitative estimate of drug-likeness (QED) is 0.311. The number of ether oxygens (including phenoxy) is 3. The summed E-state index contributed by atoms with van der Waals surface area (Å²) >= 11 is 0. The molecule has 0 aliphatic heterocycles. The smallest absolute Gasteiger partial charge is 0.344 e. The minimum Gasteiger partial charge on any atom is -0.493 e. The van der Waals surface area contributed by atoms with Crippen LogP contribution in [-0.2, 0) is 14.3 Å². The van der Waals surface area contributed by atoms with Gasteiger partial charge in [-0.3, -0.25) is 9.59 Å². The lowest BCUT2D eigenvalue weighted by Gasteiger charge is -2.10. The van der Waals surface area contributed by atoms with Gasteiger partial charge in [-0.25, -0.2) is 14.6 Å². The number of hydrogen-bond acceptors (Lipinski definition) is 7. The van der Waals surface area contributed by atoms with Gasteiger partial charge in [0, 0.05) is 13.0 Å². The van der Waals surface area contributed by atoms with E-state index < -0.39 is 23.6 Å². The summed E-state index contributed by atoms with van der Waals surface area (Å²) in [5.41, 5.74) is 2.86. The van der Waals surface area contributed by atoms with Gasteiger partial charge in [0.15, 0.2) is 18.1 Å². The van der Waals surface area contributed by atoms with Gasteiger partial charge in [-0.05, 0) is 42.8 Å². The number of methoxy groups -OCH3 is 1. The normalized spacial score (nSPS) is 10.5. The van der Waals surface area contributed by atoms with Gasteiger partial charge in [0.2, 0.25) is 5.91 Å². The topological polar surface area (TPSA) is 115 Å². The van der Waals surface area contributed by atoms with Gasteiger partial charge in [0.05, 0.1) is 25.5 Å². The summed E-state index contributed by atoms with van der Waals surface area (Å²) in [4.78, 5) is 35.1. The van der Waals surface area contributed by atoms with Gasteiger partial charge in [0.1, 0.15) is 5.82 Å². The van der Waals surface area contributed by atoms with Crippen molar-refractivity contribution in [2.45, 2.75) is 13.3 Å². The van der Waals surface area contributed by atoms with Crippen molar-refractivity contribution in [3.63, 3.8) is 0 Å². The first-order chi connectivity index (χ1) is 15.4. The summed E-state index contributed by atoms with van der Waals surface area (Å²) in [6.07, 6.45) is 1.36. The van der Waals surface area contributed by atoms with Crippen LogP contribution in [0.5, 0.6) is 11.5 Å². The molecule has 0 saturated heterocycles. The molecule has 2 amide bonds. The van der Waals surface area contributed by atoms with Crippen LogP contribution in [0.1, 0.15) is 29.3 Å². The minimum atomic E-state index is -0.633. The first-order valence-electron chi connectivity index (χ1n) is 9.75. The Bertz CT molecular complexity index is 980. The average Bonchev–Trinajstić information content (AvgIpc) is 2.78. The molecule has 0 unspecified atom stereocenters. The molecular formula is C22H24FN3O6. The Morgan fingerprint density at radius 2 is 1.91 bits per heavy atom. The fourth-order valence-electron chi connectivity index (χ4n) is 2.49. The highest BCUT2D eigenvalue weighted by Gasteiger charge is 2.11. The fraction of sp³-hybridized carbons (Fsp3) is 0.273. The van der Waals surface area contributed by atoms with E-state index in [9.17, 15) is 18.8 Å². The maximum atomic E-state index is 13.5. The van der Waals surface area contributed by atoms with Crippen LogP contribution in [0.2, 0.25) is 0 Å². The minimum absolute atomic E-state index is 0.0227. The molecule has 0 saturated carbocycles. The Hall–Kier alpha value is -3.95. The molecule has 0 atom stereocenters. The number of hydrazone groups is 1. The van der Waals surface area contributed by atoms with Crippen molar-refractivity contribution >= 4 is 24.0 Å². The van der Waals surface area contributed by atoms with Crippen molar-refractivity contribution in [1.29, 1.82) is 0 Å². The second-order valence-corrected chi connectivity index (χ2v) is 6.28. The maximum absolute atomic E-state index is 13.5. The number of hydrogen-bond donors (Lipinski definition) is 2. The third-order valence-corrected chi connectivity index (χ3v) is 4.00. The van der Waals surface area contributed by atoms with Gasteiger partial charge in [-0.1, -0.05) is 12.1 Å². The standard InChI is InChI=1S/C22H24FN3O6/c1-3-31-21(28)14-32-18-9-8-15(12-19(18)30-2)13-25-26-20(27)10-11-24-22(29)16-6-4-5-7-17(16)23/h4-9,12-13H,3,10-11,14H2,1-2H3,(H,24,29)(H,26,27). The molecule has 32 heavy (non-hydrogen) atoms. The first-order valence-corrected chi connectivity index (χ1v) is 9.75. The SMILES string of the molecule is CCOC(=O)COc1ccc(C=NNC(=O)CCNC(=O)c2ccccc2F)cc1OC. The second-order valence-electron chi connectivity index (χ2n) is 6.28. The largest absolute Gasteiger partial charge is 0.493 e. The zero-order valence-corrected chi connectivity index (χ0v) is 17.7. The van der Waals surface area contributed by atoms with Gasteiger partial charge < -0.3 is 19.5 Å². The lowest BCUT2D eigenvalue weighted by molar-refractivity contribution is -0.145. The first kappa shape index (κ1) is 24.3. The van der Waals surface area contributed by atoms with Crippen LogP contribution in [0.25, 0.3) is 0 Å². The third-order valence-electron chi connectivity index (χ3n) is 4.00. The molecule has 9 nitrogen and oxygen atoms in total. The van der Waals surface area contributed by atoms with E-state index in [1.54, 1.807) is 31.2 Å². The number of esters is 1. The molecule has 0 aliphatic rings. The molecule has 170 valence electrons. The summed E-state index contributed by atoms with van der Waals surface area (Å²) in [5.74, 6) is -1.43. The summed E-state index contributed by atoms with van der Waals surface area (Å²) in [5, 5.41) is 6.32. The van der Waals surface area contributed by atoms with Crippen molar-refractivity contribution < 1.29 is 33.0 Å². The molecule has 0 heterocycles. The van der Waals surface area contributed by atoms with Crippen LogP contribution in [-0.4, -0.2) is 50.9 Å². The van der Waals surface area contributed by atoms with Crippen LogP contribution in [0.3, 0.4) is 0 Å². The summed E-state index contributed by atoms with van der Waals surface area (Å²) in [7, 11) is 1.45. The Balaban J connectivity index is 1.80. The van der Waals surface area contributed by atoms with Crippen molar-refractivity contribution in [3.8, 4) is 11.5 Å². The van der Waals surface area contributed by atoms with E-state index >= 15 is 0 Å². The van der Waals surface area contributed by atoms with Crippen LogP contribution in [0.4, 0.5) is 4.39 Å². The highest BCUT2D eigenvalue weighted by Crippen LogP contribution is 2.27. The van der Waals surface area contributed by atoms with Crippen LogP contribution in [0.15, 0.2) is 47.6 Å². The zero-order chi connectivity index (χ0) is 23.3. The molecule has 2 rings (SSSR count). The van der Waals surface area contributed by atoms with Crippen LogP contribution < -0.4 is 20.2 Å². The molecular weight excluding hydrogens is 421 g/mol. The Labute approximate surface area is 184 Å². The van der Waals surface area contributed by atoms with Gasteiger partial charge in [0.25, 0.3) is 5.91 Å². The monoisotopic (exact) mass is 445 g/mol. The predicted molar refractivity (Wildman–Crippen MR) is 114 cm³/mol. The highest BCUT2D eigenvalue weighted by atomic mass is 19.1. The number of halogens is 1. The molecule has 2 N–H and O–H groups in total. The predicted octanol–water partition coefficient (Wildman–Crippen LogP) is 2.05. The number of carbonyl (C=O) groups excluding carboxylic acids is 3. The van der Waals surface area contributed by atoms with E-state index in [1.165, 1.54) is 31.5 Å². The van der Waals surface area contributed by atoms with E-state index in [2.05, 4.69) is 15.8 Å². The maximum Gasteiger partial charge on any atom is 0.344 e. The zero-order valence-electron chi connectivity index (χ0n) is 17.7. The van der Waals surface area contributed by atoms with E-state index in [0.717, 1.165) is 0 Å². The lowest BCUT2D eigenvalue weighted by atomic mass is 10.2. The van der Waals surface area contributed by atoms with Gasteiger partial charge in [-0.2, -0.15) is 5.10 Å². The number of amides is 2. The Morgan fingerprint density at radius 1 is 1.12 bits per heavy atom. The summed E-state index contributed by atoms with van der Waals surface area (Å²) in [6.45, 7) is 1.74. The lowest BCUT2D eigenvalue weighted by Crippen LogP contribution is -2.29. The molecule has 0 bridgehead atoms. The van der Waals surface area contributed by atoms with E-state index in [0.29, 0.717) is 17.1 Å². The highest BCUT2D eigenvalue weighted by molar-refractivity contribution is 5.94. The van der Waals surface area contributed by atoms with E-state index in [-0.39, 0.29) is 31.7 Å². The number of nitrogens with one attached hydrogen (secondary N) is 2. The Kier molecular flexibility index (Phi) is 9.64. The van der Waals surface area contributed by atoms with Crippen molar-refractivity contribution in [1.82, 2.24) is 10.7 Å². The third kappa shape index (κ3) is 7.71. The van der Waals surface area contributed by atoms with Gasteiger partial charge in [-0.15, -0.1) is 0 Å². The summed E-state index contributed by atoms with van der Waals surface area (Å²) < 4.78 is 28.9. The Morgan fingerprint density at radius 3 is 2.62 bits per heavy atom. The van der Waals surface area contributed by atoms with Crippen LogP contribution >= 0.6 is 0 Å². The average molecular weight is 445 g/mol. The fourth-order valence-corrected chi connectivity index (χ4v) is 2.49. The second kappa shape index (κ2) is 12.7. The number of rotatable bonds is 11. The molecule has 2 aromatic rings. The number of benzene rings is 2. The van der Waals surface area contributed by atoms with E-state index in [1.807, 2.05) is 0 Å². The molecule has 0 radical (unpaired) electrons. The molecule has 0 spiro atoms. The van der Waals surface area contributed by atoms with Crippen molar-refractivity contribution in [2.75, 3.05) is 26.9 Å². The van der Waals surface area contributed by atoms with E-state index in [4.69, 9.17) is 14.2 Å². The molecule has 2 aromatic carbocycles. The van der Waals surface area contributed by atoms with Crippen LogP contribution in [0, 0.1) is 5.82 Å². The van der Waals surface area contributed by atoms with Crippen molar-refractivity contribution in [3.05, 3.63) is 59.4 Å². The van der Waals surface area contributed by atoms with Crippen molar-refractivity contribution in [2.24, 2.45) is 5.10 Å². The molecule has 10 heteroatoms. The molecule has 0 fully saturated rings. The van der Waals surface area contributed by atoms with Gasteiger partial charge >= 0.3 is 5.97 Å².